The highest BCUT2D eigenvalue weighted by atomic mass is 16.5. The summed E-state index contributed by atoms with van der Waals surface area (Å²) in [4.78, 5) is 29.0. The second-order valence-electron chi connectivity index (χ2n) is 6.04. The molecule has 3 rings (SSSR count). The van der Waals surface area contributed by atoms with E-state index < -0.39 is 0 Å². The highest BCUT2D eigenvalue weighted by Crippen LogP contribution is 2.30. The average Bonchev–Trinajstić information content (AvgIpc) is 2.62. The molecule has 2 aromatic rings. The molecule has 0 radical (unpaired) electrons. The Bertz CT molecular complexity index is 867. The Kier molecular flexibility index (Phi) is 5.03. The van der Waals surface area contributed by atoms with E-state index in [9.17, 15) is 9.59 Å². The van der Waals surface area contributed by atoms with E-state index in [1.54, 1.807) is 24.0 Å². The average molecular weight is 338 g/mol. The minimum Gasteiger partial charge on any atom is -0.493 e. The molecular formula is C20H22N2O3. The highest BCUT2D eigenvalue weighted by Gasteiger charge is 2.22. The van der Waals surface area contributed by atoms with Crippen molar-refractivity contribution in [1.82, 2.24) is 9.88 Å². The van der Waals surface area contributed by atoms with Gasteiger partial charge in [0.15, 0.2) is 0 Å². The molecule has 0 atom stereocenters. The van der Waals surface area contributed by atoms with Gasteiger partial charge in [-0.05, 0) is 44.0 Å². The zero-order chi connectivity index (χ0) is 17.8. The third kappa shape index (κ3) is 3.65. The molecular weight excluding hydrogens is 316 g/mol. The summed E-state index contributed by atoms with van der Waals surface area (Å²) in [5.41, 5.74) is 2.85. The Balaban J connectivity index is 1.78. The van der Waals surface area contributed by atoms with Crippen molar-refractivity contribution < 1.29 is 9.53 Å². The lowest BCUT2D eigenvalue weighted by molar-refractivity contribution is 0.0771. The van der Waals surface area contributed by atoms with E-state index in [4.69, 9.17) is 4.74 Å². The molecule has 0 bridgehead atoms. The maximum atomic E-state index is 12.6. The van der Waals surface area contributed by atoms with Crippen LogP contribution in [0.3, 0.4) is 0 Å². The summed E-state index contributed by atoms with van der Waals surface area (Å²) < 4.78 is 5.69. The predicted octanol–water partition coefficient (Wildman–Crippen LogP) is 3.01. The minimum absolute atomic E-state index is 0.192. The number of pyridine rings is 1. The van der Waals surface area contributed by atoms with Gasteiger partial charge in [-0.2, -0.15) is 0 Å². The quantitative estimate of drug-likeness (QED) is 0.932. The van der Waals surface area contributed by atoms with Crippen LogP contribution in [0.25, 0.3) is 5.57 Å². The number of aromatic amines is 1. The Morgan fingerprint density at radius 2 is 2.04 bits per heavy atom. The standard InChI is InChI=1S/C20H22N2O3/c1-3-25-18-7-5-4-6-16(18)15-10-12-22(13-11-15)20(24)17-9-8-14(2)21-19(17)23/h4-10H,3,11-13H2,1-2H3,(H,21,23). The SMILES string of the molecule is CCOc1ccccc1C1=CCN(C(=O)c2ccc(C)[nH]c2=O)CC1. The van der Waals surface area contributed by atoms with Crippen molar-refractivity contribution in [2.45, 2.75) is 20.3 Å². The number of hydrogen-bond donors (Lipinski definition) is 1. The summed E-state index contributed by atoms with van der Waals surface area (Å²) in [6.07, 6.45) is 2.78. The van der Waals surface area contributed by atoms with Crippen molar-refractivity contribution in [2.24, 2.45) is 0 Å². The summed E-state index contributed by atoms with van der Waals surface area (Å²) in [6.45, 7) is 5.44. The third-order valence-electron chi connectivity index (χ3n) is 4.31. The van der Waals surface area contributed by atoms with Crippen molar-refractivity contribution in [1.29, 1.82) is 0 Å². The van der Waals surface area contributed by atoms with Crippen LogP contribution in [0.4, 0.5) is 0 Å². The van der Waals surface area contributed by atoms with E-state index in [-0.39, 0.29) is 17.0 Å². The van der Waals surface area contributed by atoms with E-state index >= 15 is 0 Å². The number of nitrogens with one attached hydrogen (secondary N) is 1. The number of ether oxygens (including phenoxy) is 1. The van der Waals surface area contributed by atoms with E-state index in [0.717, 1.165) is 23.4 Å². The van der Waals surface area contributed by atoms with Crippen LogP contribution >= 0.6 is 0 Å². The number of H-pyrrole nitrogens is 1. The van der Waals surface area contributed by atoms with Gasteiger partial charge in [0.05, 0.1) is 6.61 Å². The fourth-order valence-electron chi connectivity index (χ4n) is 3.02. The molecule has 1 aromatic carbocycles. The number of hydrogen-bond acceptors (Lipinski definition) is 3. The van der Waals surface area contributed by atoms with Crippen LogP contribution in [0, 0.1) is 6.92 Å². The van der Waals surface area contributed by atoms with Crippen LogP contribution in [0.15, 0.2) is 47.3 Å². The van der Waals surface area contributed by atoms with Gasteiger partial charge in [-0.15, -0.1) is 0 Å². The summed E-state index contributed by atoms with van der Waals surface area (Å²) in [7, 11) is 0. The molecule has 0 aliphatic carbocycles. The van der Waals surface area contributed by atoms with Crippen molar-refractivity contribution in [3.63, 3.8) is 0 Å². The van der Waals surface area contributed by atoms with Gasteiger partial charge in [0.2, 0.25) is 0 Å². The molecule has 0 saturated heterocycles. The first-order chi connectivity index (χ1) is 12.1. The Labute approximate surface area is 146 Å². The predicted molar refractivity (Wildman–Crippen MR) is 97.9 cm³/mol. The lowest BCUT2D eigenvalue weighted by atomic mass is 9.98. The van der Waals surface area contributed by atoms with Gasteiger partial charge in [-0.25, -0.2) is 0 Å². The maximum Gasteiger partial charge on any atom is 0.260 e. The van der Waals surface area contributed by atoms with Crippen molar-refractivity contribution >= 4 is 11.5 Å². The summed E-state index contributed by atoms with van der Waals surface area (Å²) in [5, 5.41) is 0. The number of amides is 1. The van der Waals surface area contributed by atoms with E-state index in [1.165, 1.54) is 5.57 Å². The van der Waals surface area contributed by atoms with Crippen LogP contribution in [0.5, 0.6) is 5.75 Å². The Hall–Kier alpha value is -2.82. The smallest absolute Gasteiger partial charge is 0.260 e. The molecule has 0 fully saturated rings. The largest absolute Gasteiger partial charge is 0.493 e. The number of benzene rings is 1. The summed E-state index contributed by atoms with van der Waals surface area (Å²) >= 11 is 0. The molecule has 25 heavy (non-hydrogen) atoms. The van der Waals surface area contributed by atoms with E-state index in [0.29, 0.717) is 19.7 Å². The minimum atomic E-state index is -0.332. The molecule has 0 saturated carbocycles. The maximum absolute atomic E-state index is 12.6. The third-order valence-corrected chi connectivity index (χ3v) is 4.31. The van der Waals surface area contributed by atoms with Crippen LogP contribution in [0.1, 0.15) is 35.0 Å². The lowest BCUT2D eigenvalue weighted by Gasteiger charge is -2.27. The van der Waals surface area contributed by atoms with Gasteiger partial charge >= 0.3 is 0 Å². The van der Waals surface area contributed by atoms with Crippen molar-refractivity contribution in [2.75, 3.05) is 19.7 Å². The molecule has 1 aliphatic rings. The lowest BCUT2D eigenvalue weighted by Crippen LogP contribution is -2.37. The summed E-state index contributed by atoms with van der Waals surface area (Å²) in [5.74, 6) is 0.639. The van der Waals surface area contributed by atoms with Gasteiger partial charge in [-0.1, -0.05) is 24.3 Å². The number of aromatic nitrogens is 1. The number of carbonyl (C=O) groups is 1. The second-order valence-corrected chi connectivity index (χ2v) is 6.04. The molecule has 1 aromatic heterocycles. The van der Waals surface area contributed by atoms with Gasteiger partial charge in [-0.3, -0.25) is 9.59 Å². The fourth-order valence-corrected chi connectivity index (χ4v) is 3.02. The normalized spacial score (nSPS) is 14.2. The number of carbonyl (C=O) groups excluding carboxylic acids is 1. The van der Waals surface area contributed by atoms with E-state index in [1.807, 2.05) is 37.3 Å². The molecule has 130 valence electrons. The number of rotatable bonds is 4. The molecule has 5 nitrogen and oxygen atoms in total. The van der Waals surface area contributed by atoms with Crippen LogP contribution in [-0.2, 0) is 0 Å². The topological polar surface area (TPSA) is 62.4 Å². The highest BCUT2D eigenvalue weighted by molar-refractivity contribution is 5.94. The van der Waals surface area contributed by atoms with Crippen molar-refractivity contribution in [3.05, 3.63) is 69.6 Å². The molecule has 2 heterocycles. The Morgan fingerprint density at radius 1 is 1.24 bits per heavy atom. The Morgan fingerprint density at radius 3 is 2.72 bits per heavy atom. The van der Waals surface area contributed by atoms with Gasteiger partial charge in [0, 0.05) is 24.3 Å². The molecule has 5 heteroatoms. The van der Waals surface area contributed by atoms with Gasteiger partial charge in [0.25, 0.3) is 11.5 Å². The van der Waals surface area contributed by atoms with Gasteiger partial charge < -0.3 is 14.6 Å². The first kappa shape index (κ1) is 17.0. The molecule has 0 unspecified atom stereocenters. The monoisotopic (exact) mass is 338 g/mol. The number of nitrogens with zero attached hydrogens (tertiary/aromatic N) is 1. The second kappa shape index (κ2) is 7.38. The van der Waals surface area contributed by atoms with Crippen LogP contribution in [-0.4, -0.2) is 35.5 Å². The molecule has 0 spiro atoms. The zero-order valence-electron chi connectivity index (χ0n) is 14.5. The first-order valence-electron chi connectivity index (χ1n) is 8.50. The van der Waals surface area contributed by atoms with Crippen LogP contribution < -0.4 is 10.3 Å². The molecule has 1 amide bonds. The molecule has 1 aliphatic heterocycles. The number of para-hydroxylation sites is 1. The van der Waals surface area contributed by atoms with Crippen LogP contribution in [0.2, 0.25) is 0 Å². The van der Waals surface area contributed by atoms with Crippen molar-refractivity contribution in [3.8, 4) is 5.75 Å². The molecule has 1 N–H and O–H groups in total. The zero-order valence-corrected chi connectivity index (χ0v) is 14.5. The first-order valence-corrected chi connectivity index (χ1v) is 8.50. The number of aryl methyl sites for hydroxylation is 1. The fraction of sp³-hybridized carbons (Fsp3) is 0.300. The van der Waals surface area contributed by atoms with Gasteiger partial charge in [0.1, 0.15) is 11.3 Å². The van der Waals surface area contributed by atoms with E-state index in [2.05, 4.69) is 4.98 Å². The summed E-state index contributed by atoms with van der Waals surface area (Å²) in [6, 6.07) is 11.3.